The van der Waals surface area contributed by atoms with Crippen LogP contribution in [0.5, 0.6) is 0 Å². The average Bonchev–Trinajstić information content (AvgIpc) is 2.67. The first-order valence-electron chi connectivity index (χ1n) is 5.75. The van der Waals surface area contributed by atoms with E-state index in [4.69, 9.17) is 23.2 Å². The van der Waals surface area contributed by atoms with E-state index in [-0.39, 0.29) is 0 Å². The number of alkyl halides is 1. The molecule has 2 nitrogen and oxygen atoms in total. The number of aromatic nitrogens is 2. The molecule has 0 aliphatic rings. The fourth-order valence-electron chi connectivity index (χ4n) is 1.80. The molecular weight excluding hydrogens is 335 g/mol. The number of benzene rings is 1. The van der Waals surface area contributed by atoms with Gasteiger partial charge in [0.1, 0.15) is 5.15 Å². The lowest BCUT2D eigenvalue weighted by Gasteiger charge is -2.03. The van der Waals surface area contributed by atoms with Crippen molar-refractivity contribution >= 4 is 39.1 Å². The van der Waals surface area contributed by atoms with E-state index in [0.29, 0.717) is 11.0 Å². The maximum absolute atomic E-state index is 6.34. The second-order valence-corrected chi connectivity index (χ2v) is 5.53. The van der Waals surface area contributed by atoms with Gasteiger partial charge in [-0.2, -0.15) is 5.10 Å². The molecule has 0 fully saturated rings. The lowest BCUT2D eigenvalue weighted by Crippen LogP contribution is -1.97. The lowest BCUT2D eigenvalue weighted by atomic mass is 10.2. The molecule has 0 aliphatic carbocycles. The standard InChI is InChI=1S/C13H13BrCl2N2/c1-2-3-12-11(8-15)13(16)18(17-12)10-6-4-9(14)5-7-10/h4-7H,2-3,8H2,1H3. The first kappa shape index (κ1) is 13.9. The molecule has 96 valence electrons. The minimum Gasteiger partial charge on any atom is -0.222 e. The fourth-order valence-corrected chi connectivity index (χ4v) is 2.72. The molecule has 0 amide bonds. The fraction of sp³-hybridized carbons (Fsp3) is 0.308. The summed E-state index contributed by atoms with van der Waals surface area (Å²) in [4.78, 5) is 0. The molecule has 0 bridgehead atoms. The number of hydrogen-bond acceptors (Lipinski definition) is 1. The Morgan fingerprint density at radius 2 is 1.94 bits per heavy atom. The summed E-state index contributed by atoms with van der Waals surface area (Å²) in [5.74, 6) is 0.394. The summed E-state index contributed by atoms with van der Waals surface area (Å²) in [6.45, 7) is 2.12. The summed E-state index contributed by atoms with van der Waals surface area (Å²) in [5.41, 5.74) is 2.86. The van der Waals surface area contributed by atoms with Crippen LogP contribution in [-0.4, -0.2) is 9.78 Å². The maximum Gasteiger partial charge on any atom is 0.137 e. The Balaban J connectivity index is 2.47. The highest BCUT2D eigenvalue weighted by Crippen LogP contribution is 2.26. The third-order valence-corrected chi connectivity index (χ3v) is 3.88. The molecule has 0 aliphatic heterocycles. The largest absolute Gasteiger partial charge is 0.222 e. The van der Waals surface area contributed by atoms with Gasteiger partial charge in [-0.15, -0.1) is 11.6 Å². The third-order valence-electron chi connectivity index (χ3n) is 2.70. The molecule has 5 heteroatoms. The van der Waals surface area contributed by atoms with Gasteiger partial charge in [0.15, 0.2) is 0 Å². The van der Waals surface area contributed by atoms with Crippen molar-refractivity contribution in [2.75, 3.05) is 0 Å². The van der Waals surface area contributed by atoms with E-state index in [0.717, 1.165) is 34.3 Å². The first-order valence-corrected chi connectivity index (χ1v) is 7.46. The van der Waals surface area contributed by atoms with Crippen LogP contribution in [0.3, 0.4) is 0 Å². The average molecular weight is 348 g/mol. The summed E-state index contributed by atoms with van der Waals surface area (Å²) in [6, 6.07) is 7.87. The highest BCUT2D eigenvalue weighted by Gasteiger charge is 2.15. The Morgan fingerprint density at radius 1 is 1.28 bits per heavy atom. The Kier molecular flexibility index (Phi) is 4.71. The lowest BCUT2D eigenvalue weighted by molar-refractivity contribution is 0.805. The van der Waals surface area contributed by atoms with Crippen LogP contribution in [0.4, 0.5) is 0 Å². The quantitative estimate of drug-likeness (QED) is 0.713. The summed E-state index contributed by atoms with van der Waals surface area (Å²) in [5, 5.41) is 5.16. The van der Waals surface area contributed by atoms with Crippen molar-refractivity contribution in [3.63, 3.8) is 0 Å². The van der Waals surface area contributed by atoms with Crippen LogP contribution in [-0.2, 0) is 12.3 Å². The number of halogens is 3. The third kappa shape index (κ3) is 2.73. The Labute approximate surface area is 125 Å². The van der Waals surface area contributed by atoms with Gasteiger partial charge in [0.25, 0.3) is 0 Å². The summed E-state index contributed by atoms with van der Waals surface area (Å²) in [6.07, 6.45) is 1.92. The van der Waals surface area contributed by atoms with E-state index < -0.39 is 0 Å². The Morgan fingerprint density at radius 3 is 2.50 bits per heavy atom. The zero-order valence-corrected chi connectivity index (χ0v) is 13.1. The molecule has 1 heterocycles. The van der Waals surface area contributed by atoms with Crippen molar-refractivity contribution in [3.05, 3.63) is 45.1 Å². The molecule has 0 saturated carbocycles. The minimum atomic E-state index is 0.394. The summed E-state index contributed by atoms with van der Waals surface area (Å²) < 4.78 is 2.78. The minimum absolute atomic E-state index is 0.394. The predicted molar refractivity (Wildman–Crippen MR) is 79.8 cm³/mol. The van der Waals surface area contributed by atoms with Gasteiger partial charge in [0.2, 0.25) is 0 Å². The molecule has 0 spiro atoms. The molecule has 0 saturated heterocycles. The van der Waals surface area contributed by atoms with Gasteiger partial charge < -0.3 is 0 Å². The van der Waals surface area contributed by atoms with Gasteiger partial charge in [-0.05, 0) is 30.7 Å². The van der Waals surface area contributed by atoms with Gasteiger partial charge in [0, 0.05) is 10.0 Å². The zero-order valence-electron chi connectivity index (χ0n) is 9.96. The molecule has 0 N–H and O–H groups in total. The van der Waals surface area contributed by atoms with E-state index >= 15 is 0 Å². The zero-order chi connectivity index (χ0) is 13.1. The molecule has 1 aromatic heterocycles. The second-order valence-electron chi connectivity index (χ2n) is 3.99. The van der Waals surface area contributed by atoms with E-state index in [1.54, 1.807) is 4.68 Å². The summed E-state index contributed by atoms with van der Waals surface area (Å²) in [7, 11) is 0. The molecule has 0 atom stereocenters. The highest BCUT2D eigenvalue weighted by atomic mass is 79.9. The van der Waals surface area contributed by atoms with Crippen LogP contribution in [0.15, 0.2) is 28.7 Å². The van der Waals surface area contributed by atoms with Crippen molar-refractivity contribution < 1.29 is 0 Å². The van der Waals surface area contributed by atoms with Crippen molar-refractivity contribution in [2.45, 2.75) is 25.6 Å². The second kappa shape index (κ2) is 6.09. The molecule has 0 radical (unpaired) electrons. The van der Waals surface area contributed by atoms with Crippen LogP contribution in [0.25, 0.3) is 5.69 Å². The van der Waals surface area contributed by atoms with E-state index in [9.17, 15) is 0 Å². The Hall–Kier alpha value is -0.510. The van der Waals surface area contributed by atoms with E-state index in [2.05, 4.69) is 28.0 Å². The van der Waals surface area contributed by atoms with Crippen molar-refractivity contribution in [1.29, 1.82) is 0 Å². The molecular formula is C13H13BrCl2N2. The molecule has 2 rings (SSSR count). The highest BCUT2D eigenvalue weighted by molar-refractivity contribution is 9.10. The van der Waals surface area contributed by atoms with Crippen LogP contribution in [0, 0.1) is 0 Å². The van der Waals surface area contributed by atoms with Gasteiger partial charge in [0.05, 0.1) is 17.3 Å². The van der Waals surface area contributed by atoms with Crippen LogP contribution >= 0.6 is 39.1 Å². The summed E-state index contributed by atoms with van der Waals surface area (Å²) >= 11 is 15.7. The van der Waals surface area contributed by atoms with E-state index in [1.165, 1.54) is 0 Å². The smallest absolute Gasteiger partial charge is 0.137 e. The topological polar surface area (TPSA) is 17.8 Å². The van der Waals surface area contributed by atoms with Gasteiger partial charge in [-0.25, -0.2) is 4.68 Å². The molecule has 1 aromatic carbocycles. The van der Waals surface area contributed by atoms with Crippen LogP contribution in [0.2, 0.25) is 5.15 Å². The monoisotopic (exact) mass is 346 g/mol. The van der Waals surface area contributed by atoms with Crippen molar-refractivity contribution in [3.8, 4) is 5.69 Å². The first-order chi connectivity index (χ1) is 8.67. The molecule has 2 aromatic rings. The number of hydrogen-bond donors (Lipinski definition) is 0. The normalized spacial score (nSPS) is 10.9. The van der Waals surface area contributed by atoms with Gasteiger partial charge in [-0.3, -0.25) is 0 Å². The SMILES string of the molecule is CCCc1nn(-c2ccc(Br)cc2)c(Cl)c1CCl. The molecule has 18 heavy (non-hydrogen) atoms. The van der Waals surface area contributed by atoms with E-state index in [1.807, 2.05) is 24.3 Å². The van der Waals surface area contributed by atoms with Crippen LogP contribution in [0.1, 0.15) is 24.6 Å². The van der Waals surface area contributed by atoms with Crippen molar-refractivity contribution in [2.24, 2.45) is 0 Å². The van der Waals surface area contributed by atoms with Crippen molar-refractivity contribution in [1.82, 2.24) is 9.78 Å². The number of aryl methyl sites for hydroxylation is 1. The number of rotatable bonds is 4. The maximum atomic E-state index is 6.34. The Bertz CT molecular complexity index is 535. The number of nitrogens with zero attached hydrogens (tertiary/aromatic N) is 2. The predicted octanol–water partition coefficient (Wildman–Crippen LogP) is 4.98. The van der Waals surface area contributed by atoms with Gasteiger partial charge in [-0.1, -0.05) is 40.9 Å². The molecule has 0 unspecified atom stereocenters. The van der Waals surface area contributed by atoms with Gasteiger partial charge >= 0.3 is 0 Å². The van der Waals surface area contributed by atoms with Crippen LogP contribution < -0.4 is 0 Å².